The van der Waals surface area contributed by atoms with Gasteiger partial charge in [0.05, 0.1) is 23.6 Å². The molecule has 0 atom stereocenters. The Morgan fingerprint density at radius 3 is 2.76 bits per heavy atom. The van der Waals surface area contributed by atoms with Crippen LogP contribution in [0.15, 0.2) is 12.1 Å². The summed E-state index contributed by atoms with van der Waals surface area (Å²) in [6.07, 6.45) is 1.60. The van der Waals surface area contributed by atoms with Gasteiger partial charge in [-0.15, -0.1) is 0 Å². The lowest BCUT2D eigenvalue weighted by molar-refractivity contribution is -0.384. The second-order valence-electron chi connectivity index (χ2n) is 4.95. The molecule has 1 aromatic heterocycles. The van der Waals surface area contributed by atoms with Crippen LogP contribution in [0.1, 0.15) is 12.8 Å². The number of nitro groups is 1. The number of anilines is 1. The standard InChI is InChI=1S/C12H16ClN5O3/c13-10-5-9(18(20)21)6-12(16-10)15-8-1-3-17(4-2-8)7-11(14)19/h5-6,8H,1-4,7H2,(H2,14,19)(H,15,16). The molecule has 1 aromatic rings. The number of hydrogen-bond acceptors (Lipinski definition) is 6. The van der Waals surface area contributed by atoms with Crippen molar-refractivity contribution >= 4 is 29.0 Å². The lowest BCUT2D eigenvalue weighted by atomic mass is 10.1. The first-order valence-corrected chi connectivity index (χ1v) is 6.91. The Balaban J connectivity index is 1.94. The number of carbonyl (C=O) groups excluding carboxylic acids is 1. The lowest BCUT2D eigenvalue weighted by Gasteiger charge is -2.31. The van der Waals surface area contributed by atoms with Crippen LogP contribution in [0.2, 0.25) is 5.15 Å². The number of aromatic nitrogens is 1. The van der Waals surface area contributed by atoms with Crippen molar-refractivity contribution < 1.29 is 9.72 Å². The maximum atomic E-state index is 10.9. The topological polar surface area (TPSA) is 114 Å². The van der Waals surface area contributed by atoms with E-state index in [1.807, 2.05) is 4.90 Å². The van der Waals surface area contributed by atoms with Gasteiger partial charge in [0.15, 0.2) is 0 Å². The second-order valence-corrected chi connectivity index (χ2v) is 5.34. The van der Waals surface area contributed by atoms with E-state index in [-0.39, 0.29) is 29.3 Å². The van der Waals surface area contributed by atoms with Crippen molar-refractivity contribution in [2.75, 3.05) is 25.0 Å². The Hall–Kier alpha value is -1.93. The highest BCUT2D eigenvalue weighted by atomic mass is 35.5. The third-order valence-corrected chi connectivity index (χ3v) is 3.50. The van der Waals surface area contributed by atoms with Crippen molar-refractivity contribution in [3.8, 4) is 0 Å². The van der Waals surface area contributed by atoms with E-state index < -0.39 is 4.92 Å². The zero-order chi connectivity index (χ0) is 15.4. The van der Waals surface area contributed by atoms with Gasteiger partial charge in [0.25, 0.3) is 5.69 Å². The molecule has 1 aliphatic rings. The summed E-state index contributed by atoms with van der Waals surface area (Å²) in [6.45, 7) is 1.74. The Bertz CT molecular complexity index is 546. The van der Waals surface area contributed by atoms with E-state index in [0.29, 0.717) is 5.82 Å². The highest BCUT2D eigenvalue weighted by molar-refractivity contribution is 6.29. The number of nitrogens with two attached hydrogens (primary N) is 1. The Labute approximate surface area is 126 Å². The molecule has 2 rings (SSSR count). The summed E-state index contributed by atoms with van der Waals surface area (Å²) in [5, 5.41) is 14.0. The molecule has 114 valence electrons. The fourth-order valence-electron chi connectivity index (χ4n) is 2.33. The van der Waals surface area contributed by atoms with Gasteiger partial charge in [-0.3, -0.25) is 19.8 Å². The molecule has 0 unspecified atom stereocenters. The number of nitrogens with zero attached hydrogens (tertiary/aromatic N) is 3. The summed E-state index contributed by atoms with van der Waals surface area (Å²) in [4.78, 5) is 27.2. The predicted molar refractivity (Wildman–Crippen MR) is 78.2 cm³/mol. The van der Waals surface area contributed by atoms with Crippen molar-refractivity contribution in [2.24, 2.45) is 5.73 Å². The number of primary amides is 1. The van der Waals surface area contributed by atoms with Crippen LogP contribution < -0.4 is 11.1 Å². The fraction of sp³-hybridized carbons (Fsp3) is 0.500. The number of rotatable bonds is 5. The molecule has 0 saturated carbocycles. The third-order valence-electron chi connectivity index (χ3n) is 3.31. The van der Waals surface area contributed by atoms with Crippen LogP contribution in [0.4, 0.5) is 11.5 Å². The zero-order valence-corrected chi connectivity index (χ0v) is 12.0. The normalized spacial score (nSPS) is 16.6. The van der Waals surface area contributed by atoms with Crippen molar-refractivity contribution in [1.29, 1.82) is 0 Å². The van der Waals surface area contributed by atoms with E-state index in [1.54, 1.807) is 0 Å². The summed E-state index contributed by atoms with van der Waals surface area (Å²) in [5.41, 5.74) is 5.06. The molecule has 9 heteroatoms. The summed E-state index contributed by atoms with van der Waals surface area (Å²) in [6, 6.07) is 2.71. The molecular weight excluding hydrogens is 298 g/mol. The maximum absolute atomic E-state index is 10.9. The van der Waals surface area contributed by atoms with Crippen molar-refractivity contribution in [3.63, 3.8) is 0 Å². The van der Waals surface area contributed by atoms with Crippen LogP contribution in [0.5, 0.6) is 0 Å². The molecule has 21 heavy (non-hydrogen) atoms. The van der Waals surface area contributed by atoms with Gasteiger partial charge in [-0.2, -0.15) is 0 Å². The highest BCUT2D eigenvalue weighted by Gasteiger charge is 2.21. The Kier molecular flexibility index (Phi) is 4.92. The fourth-order valence-corrected chi connectivity index (χ4v) is 2.53. The van der Waals surface area contributed by atoms with Gasteiger partial charge in [0, 0.05) is 19.1 Å². The molecule has 1 amide bonds. The summed E-state index contributed by atoms with van der Waals surface area (Å²) in [7, 11) is 0. The van der Waals surface area contributed by atoms with E-state index >= 15 is 0 Å². The molecule has 2 heterocycles. The quantitative estimate of drug-likeness (QED) is 0.476. The van der Waals surface area contributed by atoms with Crippen LogP contribution in [-0.4, -0.2) is 46.4 Å². The van der Waals surface area contributed by atoms with E-state index in [4.69, 9.17) is 17.3 Å². The van der Waals surface area contributed by atoms with Gasteiger partial charge in [-0.1, -0.05) is 11.6 Å². The van der Waals surface area contributed by atoms with E-state index in [0.717, 1.165) is 25.9 Å². The number of carbonyl (C=O) groups is 1. The third kappa shape index (κ3) is 4.54. The van der Waals surface area contributed by atoms with Crippen LogP contribution >= 0.6 is 11.6 Å². The lowest BCUT2D eigenvalue weighted by Crippen LogP contribution is -2.43. The van der Waals surface area contributed by atoms with Gasteiger partial charge >= 0.3 is 0 Å². The molecule has 1 saturated heterocycles. The van der Waals surface area contributed by atoms with Gasteiger partial charge < -0.3 is 11.1 Å². The molecule has 0 aliphatic carbocycles. The van der Waals surface area contributed by atoms with Gasteiger partial charge in [-0.25, -0.2) is 4.98 Å². The van der Waals surface area contributed by atoms with E-state index in [2.05, 4.69) is 10.3 Å². The van der Waals surface area contributed by atoms with Crippen LogP contribution in [0.25, 0.3) is 0 Å². The Morgan fingerprint density at radius 1 is 1.52 bits per heavy atom. The number of likely N-dealkylation sites (tertiary alicyclic amines) is 1. The summed E-state index contributed by atoms with van der Waals surface area (Å²) >= 11 is 5.78. The van der Waals surface area contributed by atoms with Gasteiger partial charge in [-0.05, 0) is 12.8 Å². The first-order chi connectivity index (χ1) is 9.94. The second kappa shape index (κ2) is 6.68. The average molecular weight is 314 g/mol. The number of piperidine rings is 1. The average Bonchev–Trinajstić information content (AvgIpc) is 2.39. The highest BCUT2D eigenvalue weighted by Crippen LogP contribution is 2.22. The molecule has 0 aromatic carbocycles. The smallest absolute Gasteiger partial charge is 0.276 e. The molecular formula is C12H16ClN5O3. The molecule has 8 nitrogen and oxygen atoms in total. The minimum absolute atomic E-state index is 0.0814. The van der Waals surface area contributed by atoms with Crippen molar-refractivity contribution in [3.05, 3.63) is 27.4 Å². The van der Waals surface area contributed by atoms with Gasteiger partial charge in [0.2, 0.25) is 5.91 Å². The molecule has 3 N–H and O–H groups in total. The first kappa shape index (κ1) is 15.5. The monoisotopic (exact) mass is 313 g/mol. The molecule has 1 aliphatic heterocycles. The summed E-state index contributed by atoms with van der Waals surface area (Å²) in [5.74, 6) is 0.0519. The van der Waals surface area contributed by atoms with Crippen LogP contribution in [-0.2, 0) is 4.79 Å². The number of nitrogens with one attached hydrogen (secondary N) is 1. The minimum Gasteiger partial charge on any atom is -0.369 e. The van der Waals surface area contributed by atoms with Gasteiger partial charge in [0.1, 0.15) is 11.0 Å². The van der Waals surface area contributed by atoms with E-state index in [9.17, 15) is 14.9 Å². The zero-order valence-electron chi connectivity index (χ0n) is 11.3. The van der Waals surface area contributed by atoms with Crippen molar-refractivity contribution in [2.45, 2.75) is 18.9 Å². The molecule has 0 radical (unpaired) electrons. The van der Waals surface area contributed by atoms with Crippen molar-refractivity contribution in [1.82, 2.24) is 9.88 Å². The number of halogens is 1. The van der Waals surface area contributed by atoms with Crippen LogP contribution in [0.3, 0.4) is 0 Å². The minimum atomic E-state index is -0.506. The largest absolute Gasteiger partial charge is 0.369 e. The number of pyridine rings is 1. The molecule has 0 spiro atoms. The van der Waals surface area contributed by atoms with E-state index in [1.165, 1.54) is 12.1 Å². The predicted octanol–water partition coefficient (Wildman–Crippen LogP) is 1.00. The number of hydrogen-bond donors (Lipinski definition) is 2. The maximum Gasteiger partial charge on any atom is 0.276 e. The molecule has 0 bridgehead atoms. The Morgan fingerprint density at radius 2 is 2.19 bits per heavy atom. The van der Waals surface area contributed by atoms with Crippen LogP contribution in [0, 0.1) is 10.1 Å². The first-order valence-electron chi connectivity index (χ1n) is 6.53. The molecule has 1 fully saturated rings. The summed E-state index contributed by atoms with van der Waals surface area (Å²) < 4.78 is 0. The number of amides is 1. The SMILES string of the molecule is NC(=O)CN1CCC(Nc2cc([N+](=O)[O-])cc(Cl)n2)CC1.